The molecule has 0 spiro atoms. The van der Waals surface area contributed by atoms with Gasteiger partial charge in [0.1, 0.15) is 5.70 Å². The SMILES string of the molecule is CCOC(=O)/C(N)=C(\C)c1ccccn1. The molecule has 0 bridgehead atoms. The molecule has 15 heavy (non-hydrogen) atoms. The Morgan fingerprint density at radius 2 is 2.27 bits per heavy atom. The Balaban J connectivity index is 2.95. The lowest BCUT2D eigenvalue weighted by molar-refractivity contribution is -0.138. The molecule has 0 saturated carbocycles. The van der Waals surface area contributed by atoms with Crippen LogP contribution in [0.3, 0.4) is 0 Å². The van der Waals surface area contributed by atoms with Crippen LogP contribution in [0.15, 0.2) is 30.1 Å². The largest absolute Gasteiger partial charge is 0.461 e. The molecule has 1 aromatic heterocycles. The van der Waals surface area contributed by atoms with E-state index in [4.69, 9.17) is 10.5 Å². The molecular formula is C11H14N2O2. The fraction of sp³-hybridized carbons (Fsp3) is 0.273. The van der Waals surface area contributed by atoms with Crippen LogP contribution in [0.5, 0.6) is 0 Å². The molecule has 0 aliphatic rings. The summed E-state index contributed by atoms with van der Waals surface area (Å²) >= 11 is 0. The van der Waals surface area contributed by atoms with Gasteiger partial charge in [-0.2, -0.15) is 0 Å². The molecule has 1 rings (SSSR count). The molecule has 0 atom stereocenters. The van der Waals surface area contributed by atoms with E-state index < -0.39 is 5.97 Å². The van der Waals surface area contributed by atoms with Gasteiger partial charge in [0.25, 0.3) is 0 Å². The number of carbonyl (C=O) groups is 1. The number of aromatic nitrogens is 1. The Bertz CT molecular complexity index is 371. The van der Waals surface area contributed by atoms with E-state index in [-0.39, 0.29) is 5.70 Å². The topological polar surface area (TPSA) is 65.2 Å². The molecule has 1 aromatic rings. The Hall–Kier alpha value is -1.84. The van der Waals surface area contributed by atoms with Gasteiger partial charge in [0.2, 0.25) is 0 Å². The first-order valence-electron chi connectivity index (χ1n) is 4.71. The van der Waals surface area contributed by atoms with E-state index in [1.54, 1.807) is 32.2 Å². The lowest BCUT2D eigenvalue weighted by atomic mass is 10.1. The first-order chi connectivity index (χ1) is 7.16. The predicted octanol–water partition coefficient (Wildman–Crippen LogP) is 1.33. The van der Waals surface area contributed by atoms with E-state index >= 15 is 0 Å². The third-order valence-corrected chi connectivity index (χ3v) is 1.95. The van der Waals surface area contributed by atoms with Gasteiger partial charge in [-0.3, -0.25) is 4.98 Å². The summed E-state index contributed by atoms with van der Waals surface area (Å²) in [5, 5.41) is 0. The molecule has 0 unspecified atom stereocenters. The average molecular weight is 206 g/mol. The number of hydrogen-bond acceptors (Lipinski definition) is 4. The summed E-state index contributed by atoms with van der Waals surface area (Å²) in [5.74, 6) is -0.499. The summed E-state index contributed by atoms with van der Waals surface area (Å²) in [6.45, 7) is 3.80. The van der Waals surface area contributed by atoms with Crippen LogP contribution in [0.4, 0.5) is 0 Å². The van der Waals surface area contributed by atoms with Gasteiger partial charge in [0.05, 0.1) is 12.3 Å². The fourth-order valence-electron chi connectivity index (χ4n) is 1.08. The van der Waals surface area contributed by atoms with Crippen molar-refractivity contribution in [3.8, 4) is 0 Å². The maximum Gasteiger partial charge on any atom is 0.354 e. The number of esters is 1. The first-order valence-corrected chi connectivity index (χ1v) is 4.71. The van der Waals surface area contributed by atoms with Crippen molar-refractivity contribution in [3.05, 3.63) is 35.8 Å². The normalized spacial score (nSPS) is 11.9. The Morgan fingerprint density at radius 3 is 2.80 bits per heavy atom. The van der Waals surface area contributed by atoms with Gasteiger partial charge >= 0.3 is 5.97 Å². The minimum atomic E-state index is -0.499. The Kier molecular flexibility index (Phi) is 3.85. The van der Waals surface area contributed by atoms with Crippen molar-refractivity contribution in [3.63, 3.8) is 0 Å². The van der Waals surface area contributed by atoms with Crippen LogP contribution in [-0.2, 0) is 9.53 Å². The van der Waals surface area contributed by atoms with E-state index in [1.807, 2.05) is 6.07 Å². The van der Waals surface area contributed by atoms with Crippen LogP contribution >= 0.6 is 0 Å². The standard InChI is InChI=1S/C11H14N2O2/c1-3-15-11(14)10(12)8(2)9-6-4-5-7-13-9/h4-7H,3,12H2,1-2H3/b10-8-. The Labute approximate surface area is 88.8 Å². The number of nitrogens with two attached hydrogens (primary N) is 1. The fourth-order valence-corrected chi connectivity index (χ4v) is 1.08. The van der Waals surface area contributed by atoms with Crippen LogP contribution in [0.2, 0.25) is 0 Å². The molecule has 0 aliphatic heterocycles. The van der Waals surface area contributed by atoms with E-state index in [2.05, 4.69) is 4.98 Å². The van der Waals surface area contributed by atoms with Crippen molar-refractivity contribution >= 4 is 11.5 Å². The second kappa shape index (κ2) is 5.14. The minimum absolute atomic E-state index is 0.107. The zero-order chi connectivity index (χ0) is 11.3. The van der Waals surface area contributed by atoms with Crippen molar-refractivity contribution in [1.82, 2.24) is 4.98 Å². The van der Waals surface area contributed by atoms with Crippen molar-refractivity contribution in [1.29, 1.82) is 0 Å². The third kappa shape index (κ3) is 2.80. The van der Waals surface area contributed by atoms with Crippen molar-refractivity contribution < 1.29 is 9.53 Å². The summed E-state index contributed by atoms with van der Waals surface area (Å²) in [5.41, 5.74) is 7.07. The molecular weight excluding hydrogens is 192 g/mol. The van der Waals surface area contributed by atoms with Crippen molar-refractivity contribution in [2.24, 2.45) is 5.73 Å². The van der Waals surface area contributed by atoms with Gasteiger partial charge in [-0.25, -0.2) is 4.79 Å². The van der Waals surface area contributed by atoms with Gasteiger partial charge in [-0.1, -0.05) is 6.07 Å². The highest BCUT2D eigenvalue weighted by Crippen LogP contribution is 2.13. The lowest BCUT2D eigenvalue weighted by Crippen LogP contribution is -2.16. The highest BCUT2D eigenvalue weighted by Gasteiger charge is 2.11. The van der Waals surface area contributed by atoms with Crippen molar-refractivity contribution in [2.45, 2.75) is 13.8 Å². The summed E-state index contributed by atoms with van der Waals surface area (Å²) in [6, 6.07) is 5.43. The summed E-state index contributed by atoms with van der Waals surface area (Å²) in [4.78, 5) is 15.4. The third-order valence-electron chi connectivity index (χ3n) is 1.95. The quantitative estimate of drug-likeness (QED) is 0.598. The van der Waals surface area contributed by atoms with Gasteiger partial charge in [0.15, 0.2) is 0 Å². The zero-order valence-corrected chi connectivity index (χ0v) is 8.86. The second-order valence-corrected chi connectivity index (χ2v) is 2.97. The van der Waals surface area contributed by atoms with E-state index in [9.17, 15) is 4.79 Å². The molecule has 2 N–H and O–H groups in total. The summed E-state index contributed by atoms with van der Waals surface area (Å²) < 4.78 is 4.80. The maximum atomic E-state index is 11.3. The second-order valence-electron chi connectivity index (χ2n) is 2.97. The molecule has 0 saturated heterocycles. The smallest absolute Gasteiger partial charge is 0.354 e. The number of nitrogens with zero attached hydrogens (tertiary/aromatic N) is 1. The molecule has 0 fully saturated rings. The zero-order valence-electron chi connectivity index (χ0n) is 8.86. The van der Waals surface area contributed by atoms with E-state index in [0.717, 1.165) is 0 Å². The Morgan fingerprint density at radius 1 is 1.53 bits per heavy atom. The number of rotatable bonds is 3. The number of ether oxygens (including phenoxy) is 1. The van der Waals surface area contributed by atoms with Gasteiger partial charge in [-0.15, -0.1) is 0 Å². The van der Waals surface area contributed by atoms with Gasteiger partial charge in [-0.05, 0) is 26.0 Å². The molecule has 0 radical (unpaired) electrons. The molecule has 0 aliphatic carbocycles. The highest BCUT2D eigenvalue weighted by molar-refractivity contribution is 5.95. The highest BCUT2D eigenvalue weighted by atomic mass is 16.5. The van der Waals surface area contributed by atoms with Crippen LogP contribution < -0.4 is 5.73 Å². The molecule has 0 aromatic carbocycles. The monoisotopic (exact) mass is 206 g/mol. The van der Waals surface area contributed by atoms with Crippen molar-refractivity contribution in [2.75, 3.05) is 6.61 Å². The number of allylic oxidation sites excluding steroid dienone is 1. The average Bonchev–Trinajstić information content (AvgIpc) is 2.28. The maximum absolute atomic E-state index is 11.3. The van der Waals surface area contributed by atoms with Crippen LogP contribution in [0, 0.1) is 0 Å². The van der Waals surface area contributed by atoms with Gasteiger partial charge < -0.3 is 10.5 Å². The first kappa shape index (κ1) is 11.2. The molecule has 80 valence electrons. The summed E-state index contributed by atoms with van der Waals surface area (Å²) in [7, 11) is 0. The lowest BCUT2D eigenvalue weighted by Gasteiger charge is -2.06. The van der Waals surface area contributed by atoms with Crippen LogP contribution in [0.25, 0.3) is 5.57 Å². The molecule has 1 heterocycles. The van der Waals surface area contributed by atoms with E-state index in [1.165, 1.54) is 0 Å². The number of carbonyl (C=O) groups excluding carboxylic acids is 1. The van der Waals surface area contributed by atoms with Gasteiger partial charge in [0, 0.05) is 11.8 Å². The summed E-state index contributed by atoms with van der Waals surface area (Å²) in [6.07, 6.45) is 1.65. The van der Waals surface area contributed by atoms with Crippen LogP contribution in [-0.4, -0.2) is 17.6 Å². The number of pyridine rings is 1. The molecule has 0 amide bonds. The minimum Gasteiger partial charge on any atom is -0.461 e. The van der Waals surface area contributed by atoms with Crippen LogP contribution in [0.1, 0.15) is 19.5 Å². The predicted molar refractivity (Wildman–Crippen MR) is 57.7 cm³/mol. The molecule has 4 nitrogen and oxygen atoms in total. The number of hydrogen-bond donors (Lipinski definition) is 1. The van der Waals surface area contributed by atoms with E-state index in [0.29, 0.717) is 17.9 Å². The molecule has 4 heteroatoms.